The summed E-state index contributed by atoms with van der Waals surface area (Å²) < 4.78 is 5.57. The van der Waals surface area contributed by atoms with E-state index < -0.39 is 0 Å². The van der Waals surface area contributed by atoms with Crippen LogP contribution in [-0.2, 0) is 0 Å². The second-order valence-electron chi connectivity index (χ2n) is 3.31. The summed E-state index contributed by atoms with van der Waals surface area (Å²) in [6.45, 7) is 4.00. The van der Waals surface area contributed by atoms with E-state index in [1.807, 2.05) is 13.8 Å². The molecular formula is C15H16N2O. The predicted octanol–water partition coefficient (Wildman–Crippen LogP) is 3.96. The molecule has 0 atom stereocenters. The molecule has 0 aliphatic rings. The van der Waals surface area contributed by atoms with Crippen molar-refractivity contribution in [2.45, 2.75) is 13.8 Å². The summed E-state index contributed by atoms with van der Waals surface area (Å²) in [5.41, 5.74) is 6.84. The topological polar surface area (TPSA) is 59.0 Å². The van der Waals surface area contributed by atoms with Crippen LogP contribution >= 0.6 is 0 Å². The SMILES string of the molecule is CC.N#Cc1cccc(Oc2ccc(N)cc2)c1. The Labute approximate surface area is 107 Å². The van der Waals surface area contributed by atoms with Gasteiger partial charge in [-0.25, -0.2) is 0 Å². The van der Waals surface area contributed by atoms with Crippen LogP contribution in [0.2, 0.25) is 0 Å². The lowest BCUT2D eigenvalue weighted by Gasteiger charge is -2.05. The Hall–Kier alpha value is -2.47. The van der Waals surface area contributed by atoms with Crippen LogP contribution in [0.1, 0.15) is 19.4 Å². The van der Waals surface area contributed by atoms with Gasteiger partial charge in [0.2, 0.25) is 0 Å². The van der Waals surface area contributed by atoms with Gasteiger partial charge in [-0.3, -0.25) is 0 Å². The number of nitriles is 1. The third-order valence-electron chi connectivity index (χ3n) is 2.08. The number of hydrogen-bond acceptors (Lipinski definition) is 3. The van der Waals surface area contributed by atoms with Gasteiger partial charge in [-0.15, -0.1) is 0 Å². The molecule has 2 aromatic rings. The van der Waals surface area contributed by atoms with Crippen LogP contribution in [0.5, 0.6) is 11.5 Å². The first-order valence-electron chi connectivity index (χ1n) is 5.81. The first-order valence-corrected chi connectivity index (χ1v) is 5.81. The molecule has 2 aromatic carbocycles. The van der Waals surface area contributed by atoms with E-state index in [4.69, 9.17) is 15.7 Å². The predicted molar refractivity (Wildman–Crippen MR) is 73.4 cm³/mol. The average Bonchev–Trinajstić information content (AvgIpc) is 2.44. The summed E-state index contributed by atoms with van der Waals surface area (Å²) in [6.07, 6.45) is 0. The fourth-order valence-corrected chi connectivity index (χ4v) is 1.30. The van der Waals surface area contributed by atoms with Gasteiger partial charge in [0.15, 0.2) is 0 Å². The third kappa shape index (κ3) is 3.84. The molecule has 0 radical (unpaired) electrons. The van der Waals surface area contributed by atoms with Gasteiger partial charge >= 0.3 is 0 Å². The molecule has 0 aliphatic heterocycles. The molecule has 3 nitrogen and oxygen atoms in total. The molecule has 3 heteroatoms. The van der Waals surface area contributed by atoms with Crippen molar-refractivity contribution in [2.75, 3.05) is 5.73 Å². The zero-order valence-corrected chi connectivity index (χ0v) is 10.6. The van der Waals surface area contributed by atoms with Crippen molar-refractivity contribution in [1.82, 2.24) is 0 Å². The van der Waals surface area contributed by atoms with Crippen LogP contribution in [0.3, 0.4) is 0 Å². The largest absolute Gasteiger partial charge is 0.457 e. The fraction of sp³-hybridized carbons (Fsp3) is 0.133. The zero-order valence-electron chi connectivity index (χ0n) is 10.6. The summed E-state index contributed by atoms with van der Waals surface area (Å²) >= 11 is 0. The van der Waals surface area contributed by atoms with E-state index in [2.05, 4.69) is 6.07 Å². The molecule has 2 N–H and O–H groups in total. The van der Waals surface area contributed by atoms with E-state index in [0.29, 0.717) is 22.7 Å². The number of nitrogens with zero attached hydrogens (tertiary/aromatic N) is 1. The molecule has 0 saturated carbocycles. The highest BCUT2D eigenvalue weighted by molar-refractivity contribution is 5.44. The minimum atomic E-state index is 0.577. The van der Waals surface area contributed by atoms with Crippen LogP contribution in [0.4, 0.5) is 5.69 Å². The maximum atomic E-state index is 8.74. The summed E-state index contributed by atoms with van der Waals surface area (Å²) in [4.78, 5) is 0. The molecule has 2 rings (SSSR count). The number of rotatable bonds is 2. The van der Waals surface area contributed by atoms with Crippen molar-refractivity contribution < 1.29 is 4.74 Å². The molecule has 0 aliphatic carbocycles. The van der Waals surface area contributed by atoms with E-state index in [1.165, 1.54) is 0 Å². The van der Waals surface area contributed by atoms with E-state index in [0.717, 1.165) is 0 Å². The number of hydrogen-bond donors (Lipinski definition) is 1. The molecule has 0 amide bonds. The minimum Gasteiger partial charge on any atom is -0.457 e. The van der Waals surface area contributed by atoms with Crippen LogP contribution in [-0.4, -0.2) is 0 Å². The van der Waals surface area contributed by atoms with E-state index in [9.17, 15) is 0 Å². The van der Waals surface area contributed by atoms with Gasteiger partial charge in [0.1, 0.15) is 11.5 Å². The lowest BCUT2D eigenvalue weighted by atomic mass is 10.2. The number of benzene rings is 2. The Morgan fingerprint density at radius 2 is 1.67 bits per heavy atom. The molecular weight excluding hydrogens is 224 g/mol. The fourth-order valence-electron chi connectivity index (χ4n) is 1.30. The Kier molecular flexibility index (Phi) is 5.27. The normalized spacial score (nSPS) is 8.72. The Bertz CT molecular complexity index is 527. The van der Waals surface area contributed by atoms with Crippen LogP contribution < -0.4 is 10.5 Å². The molecule has 92 valence electrons. The number of anilines is 1. The lowest BCUT2D eigenvalue weighted by Crippen LogP contribution is -1.87. The first-order chi connectivity index (χ1) is 8.78. The van der Waals surface area contributed by atoms with Crippen molar-refractivity contribution in [3.63, 3.8) is 0 Å². The number of nitrogen functional groups attached to an aromatic ring is 1. The van der Waals surface area contributed by atoms with Gasteiger partial charge in [0.05, 0.1) is 11.6 Å². The molecule has 0 unspecified atom stereocenters. The van der Waals surface area contributed by atoms with Crippen molar-refractivity contribution in [2.24, 2.45) is 0 Å². The van der Waals surface area contributed by atoms with Crippen molar-refractivity contribution >= 4 is 5.69 Å². The molecule has 0 spiro atoms. The molecule has 0 fully saturated rings. The second-order valence-corrected chi connectivity index (χ2v) is 3.31. The third-order valence-corrected chi connectivity index (χ3v) is 2.08. The van der Waals surface area contributed by atoms with Crippen molar-refractivity contribution in [1.29, 1.82) is 5.26 Å². The van der Waals surface area contributed by atoms with Gasteiger partial charge in [0, 0.05) is 5.69 Å². The monoisotopic (exact) mass is 240 g/mol. The Morgan fingerprint density at radius 1 is 1.00 bits per heavy atom. The zero-order chi connectivity index (χ0) is 13.4. The summed E-state index contributed by atoms with van der Waals surface area (Å²) in [6, 6.07) is 16.2. The Morgan fingerprint density at radius 3 is 2.28 bits per heavy atom. The number of ether oxygens (including phenoxy) is 1. The van der Waals surface area contributed by atoms with Crippen molar-refractivity contribution in [3.8, 4) is 17.6 Å². The van der Waals surface area contributed by atoms with Crippen molar-refractivity contribution in [3.05, 3.63) is 54.1 Å². The molecule has 0 bridgehead atoms. The summed E-state index contributed by atoms with van der Waals surface area (Å²) in [7, 11) is 0. The minimum absolute atomic E-state index is 0.577. The standard InChI is InChI=1S/C13H10N2O.C2H6/c14-9-10-2-1-3-13(8-10)16-12-6-4-11(15)5-7-12;1-2/h1-8H,15H2;1-2H3. The molecule has 0 aromatic heterocycles. The molecule has 0 heterocycles. The van der Waals surface area contributed by atoms with E-state index in [-0.39, 0.29) is 0 Å². The van der Waals surface area contributed by atoms with Gasteiger partial charge in [-0.1, -0.05) is 19.9 Å². The highest BCUT2D eigenvalue weighted by Gasteiger charge is 1.98. The van der Waals surface area contributed by atoms with Gasteiger partial charge in [-0.05, 0) is 42.5 Å². The quantitative estimate of drug-likeness (QED) is 0.808. The summed E-state index contributed by atoms with van der Waals surface area (Å²) in [5.74, 6) is 1.34. The molecule has 18 heavy (non-hydrogen) atoms. The second kappa shape index (κ2) is 6.97. The Balaban J connectivity index is 0.000000771. The van der Waals surface area contributed by atoms with Gasteiger partial charge < -0.3 is 10.5 Å². The molecule has 0 saturated heterocycles. The van der Waals surface area contributed by atoms with Crippen LogP contribution in [0.15, 0.2) is 48.5 Å². The summed E-state index contributed by atoms with van der Waals surface area (Å²) in [5, 5.41) is 8.74. The van der Waals surface area contributed by atoms with Crippen LogP contribution in [0, 0.1) is 11.3 Å². The van der Waals surface area contributed by atoms with Gasteiger partial charge in [-0.2, -0.15) is 5.26 Å². The number of nitrogens with two attached hydrogens (primary N) is 1. The maximum Gasteiger partial charge on any atom is 0.128 e. The highest BCUT2D eigenvalue weighted by atomic mass is 16.5. The van der Waals surface area contributed by atoms with E-state index in [1.54, 1.807) is 48.5 Å². The lowest BCUT2D eigenvalue weighted by molar-refractivity contribution is 0.482. The highest BCUT2D eigenvalue weighted by Crippen LogP contribution is 2.22. The maximum absolute atomic E-state index is 8.74. The first kappa shape index (κ1) is 13.6. The average molecular weight is 240 g/mol. The smallest absolute Gasteiger partial charge is 0.128 e. The van der Waals surface area contributed by atoms with E-state index >= 15 is 0 Å². The van der Waals surface area contributed by atoms with Gasteiger partial charge in [0.25, 0.3) is 0 Å². The van der Waals surface area contributed by atoms with Crippen LogP contribution in [0.25, 0.3) is 0 Å².